The van der Waals surface area contributed by atoms with E-state index < -0.39 is 43.6 Å². The molecule has 0 aliphatic carbocycles. The van der Waals surface area contributed by atoms with Gasteiger partial charge in [-0.25, -0.2) is 9.18 Å². The van der Waals surface area contributed by atoms with Crippen molar-refractivity contribution in [1.82, 2.24) is 4.90 Å². The summed E-state index contributed by atoms with van der Waals surface area (Å²) >= 11 is 0. The maximum absolute atomic E-state index is 12.9. The Labute approximate surface area is 90.3 Å². The van der Waals surface area contributed by atoms with Gasteiger partial charge in [-0.05, 0) is 13.8 Å². The van der Waals surface area contributed by atoms with Crippen LogP contribution in [0.1, 0.15) is 20.3 Å². The first-order valence-corrected chi connectivity index (χ1v) is 4.90. The van der Waals surface area contributed by atoms with Crippen LogP contribution < -0.4 is 0 Å². The van der Waals surface area contributed by atoms with Crippen LogP contribution in [-0.4, -0.2) is 42.0 Å². The molecule has 1 aliphatic heterocycles. The van der Waals surface area contributed by atoms with Gasteiger partial charge in [0.05, 0.1) is 12.6 Å². The lowest BCUT2D eigenvalue weighted by Crippen LogP contribution is -2.45. The Morgan fingerprint density at radius 3 is 2.44 bits per heavy atom. The second-order valence-corrected chi connectivity index (χ2v) is 3.98. The first kappa shape index (κ1) is 13.1. The van der Waals surface area contributed by atoms with Gasteiger partial charge in [-0.3, -0.25) is 4.90 Å². The van der Waals surface area contributed by atoms with Crippen LogP contribution in [-0.2, 0) is 4.74 Å². The molecule has 16 heavy (non-hydrogen) atoms. The maximum atomic E-state index is 12.9. The molecule has 1 aliphatic rings. The van der Waals surface area contributed by atoms with Crippen molar-refractivity contribution in [3.8, 4) is 0 Å². The zero-order valence-corrected chi connectivity index (χ0v) is 8.92. The predicted octanol–water partition coefficient (Wildman–Crippen LogP) is 2.51. The summed E-state index contributed by atoms with van der Waals surface area (Å²) in [6.07, 6.45) is -8.61. The van der Waals surface area contributed by atoms with Gasteiger partial charge in [-0.1, -0.05) is 0 Å². The van der Waals surface area contributed by atoms with Crippen molar-refractivity contribution in [1.29, 1.82) is 0 Å². The topological polar surface area (TPSA) is 29.5 Å². The molecule has 0 aromatic carbocycles. The lowest BCUT2D eigenvalue weighted by atomic mass is 10.2. The molecule has 2 unspecified atom stereocenters. The highest BCUT2D eigenvalue weighted by Crippen LogP contribution is 2.34. The van der Waals surface area contributed by atoms with Crippen LogP contribution in [0.25, 0.3) is 0 Å². The van der Waals surface area contributed by atoms with E-state index in [1.165, 1.54) is 13.8 Å². The van der Waals surface area contributed by atoms with Crippen LogP contribution in [0, 0.1) is 0 Å². The average Bonchev–Trinajstić information content (AvgIpc) is 2.45. The summed E-state index contributed by atoms with van der Waals surface area (Å²) in [6.45, 7) is 2.47. The molecule has 0 spiro atoms. The monoisotopic (exact) mass is 243 g/mol. The van der Waals surface area contributed by atoms with Crippen LogP contribution in [0.2, 0.25) is 0 Å². The average molecular weight is 243 g/mol. The second kappa shape index (κ2) is 4.47. The Bertz CT molecular complexity index is 267. The van der Waals surface area contributed by atoms with E-state index in [2.05, 4.69) is 4.74 Å². The first-order valence-electron chi connectivity index (χ1n) is 4.90. The van der Waals surface area contributed by atoms with Gasteiger partial charge in [-0.15, -0.1) is 0 Å². The summed E-state index contributed by atoms with van der Waals surface area (Å²) in [4.78, 5) is 11.7. The third kappa shape index (κ3) is 2.99. The molecule has 0 saturated carbocycles. The summed E-state index contributed by atoms with van der Waals surface area (Å²) < 4.78 is 54.9. The molecule has 94 valence electrons. The minimum Gasteiger partial charge on any atom is -0.447 e. The van der Waals surface area contributed by atoms with Gasteiger partial charge < -0.3 is 4.74 Å². The Morgan fingerprint density at radius 2 is 2.00 bits per heavy atom. The Hall–Kier alpha value is -1.01. The van der Waals surface area contributed by atoms with E-state index in [0.29, 0.717) is 4.90 Å². The number of hydrogen-bond acceptors (Lipinski definition) is 2. The first-order chi connectivity index (χ1) is 7.21. The largest absolute Gasteiger partial charge is 0.447 e. The zero-order chi connectivity index (χ0) is 12.5. The molecule has 0 aromatic rings. The third-order valence-electron chi connectivity index (χ3n) is 2.20. The molecular weight excluding hydrogens is 230 g/mol. The van der Waals surface area contributed by atoms with Crippen molar-refractivity contribution in [2.75, 3.05) is 6.54 Å². The van der Waals surface area contributed by atoms with E-state index in [0.717, 1.165) is 0 Å². The van der Waals surface area contributed by atoms with Crippen molar-refractivity contribution in [2.24, 2.45) is 0 Å². The van der Waals surface area contributed by atoms with E-state index in [1.54, 1.807) is 0 Å². The van der Waals surface area contributed by atoms with Crippen LogP contribution >= 0.6 is 0 Å². The molecule has 0 radical (unpaired) electrons. The minimum atomic E-state index is -4.61. The summed E-state index contributed by atoms with van der Waals surface area (Å²) in [5, 5.41) is 0. The molecule has 0 N–H and O–H groups in total. The van der Waals surface area contributed by atoms with Crippen molar-refractivity contribution < 1.29 is 27.1 Å². The van der Waals surface area contributed by atoms with Gasteiger partial charge in [0, 0.05) is 6.42 Å². The second-order valence-electron chi connectivity index (χ2n) is 3.98. The number of carbonyl (C=O) groups excluding carboxylic acids is 1. The standard InChI is InChI=1S/C9H13F4NO2/c1-5(2)16-8(15)14-4-6(10)3-7(14)9(11,12)13/h5-7H,3-4H2,1-2H3. The van der Waals surface area contributed by atoms with Gasteiger partial charge >= 0.3 is 12.3 Å². The molecule has 1 saturated heterocycles. The van der Waals surface area contributed by atoms with Gasteiger partial charge in [0.25, 0.3) is 0 Å². The lowest BCUT2D eigenvalue weighted by molar-refractivity contribution is -0.172. The Kier molecular flexibility index (Phi) is 3.64. The highest BCUT2D eigenvalue weighted by Gasteiger charge is 2.51. The third-order valence-corrected chi connectivity index (χ3v) is 2.20. The molecule has 3 nitrogen and oxygen atoms in total. The van der Waals surface area contributed by atoms with Crippen LogP contribution in [0.5, 0.6) is 0 Å². The van der Waals surface area contributed by atoms with Gasteiger partial charge in [0.2, 0.25) is 0 Å². The number of alkyl halides is 4. The number of halogens is 4. The molecule has 2 atom stereocenters. The highest BCUT2D eigenvalue weighted by molar-refractivity contribution is 5.68. The minimum absolute atomic E-state index is 0.407. The fourth-order valence-corrected chi connectivity index (χ4v) is 1.57. The highest BCUT2D eigenvalue weighted by atomic mass is 19.4. The SMILES string of the molecule is CC(C)OC(=O)N1CC(F)CC1C(F)(F)F. The Balaban J connectivity index is 2.73. The summed E-state index contributed by atoms with van der Waals surface area (Å²) in [5.74, 6) is 0. The molecule has 0 bridgehead atoms. The summed E-state index contributed by atoms with van der Waals surface area (Å²) in [7, 11) is 0. The van der Waals surface area contributed by atoms with Crippen LogP contribution in [0.3, 0.4) is 0 Å². The van der Waals surface area contributed by atoms with E-state index in [1.807, 2.05) is 0 Å². The summed E-state index contributed by atoms with van der Waals surface area (Å²) in [5.41, 5.74) is 0. The maximum Gasteiger partial charge on any atom is 0.410 e. The number of nitrogens with zero attached hydrogens (tertiary/aromatic N) is 1. The molecule has 0 aromatic heterocycles. The Morgan fingerprint density at radius 1 is 1.44 bits per heavy atom. The smallest absolute Gasteiger partial charge is 0.410 e. The lowest BCUT2D eigenvalue weighted by Gasteiger charge is -2.26. The van der Waals surface area contributed by atoms with E-state index in [4.69, 9.17) is 0 Å². The van der Waals surface area contributed by atoms with E-state index >= 15 is 0 Å². The van der Waals surface area contributed by atoms with Crippen molar-refractivity contribution in [3.63, 3.8) is 0 Å². The normalized spacial score (nSPS) is 26.3. The number of rotatable bonds is 1. The van der Waals surface area contributed by atoms with Crippen molar-refractivity contribution >= 4 is 6.09 Å². The summed E-state index contributed by atoms with van der Waals surface area (Å²) in [6, 6.07) is -2.08. The molecule has 1 rings (SSSR count). The number of ether oxygens (including phenoxy) is 1. The number of amides is 1. The van der Waals surface area contributed by atoms with E-state index in [-0.39, 0.29) is 0 Å². The number of hydrogen-bond donors (Lipinski definition) is 0. The molecule has 1 fully saturated rings. The fraction of sp³-hybridized carbons (Fsp3) is 0.889. The van der Waals surface area contributed by atoms with Crippen LogP contribution in [0.15, 0.2) is 0 Å². The van der Waals surface area contributed by atoms with Crippen molar-refractivity contribution in [3.05, 3.63) is 0 Å². The van der Waals surface area contributed by atoms with E-state index in [9.17, 15) is 22.4 Å². The quantitative estimate of drug-likeness (QED) is 0.662. The van der Waals surface area contributed by atoms with Gasteiger partial charge in [0.1, 0.15) is 12.2 Å². The molecule has 7 heteroatoms. The van der Waals surface area contributed by atoms with Gasteiger partial charge in [0.15, 0.2) is 0 Å². The number of carbonyl (C=O) groups is 1. The molecule has 1 amide bonds. The number of likely N-dealkylation sites (tertiary alicyclic amines) is 1. The zero-order valence-electron chi connectivity index (χ0n) is 8.92. The van der Waals surface area contributed by atoms with Gasteiger partial charge in [-0.2, -0.15) is 13.2 Å². The van der Waals surface area contributed by atoms with Crippen LogP contribution in [0.4, 0.5) is 22.4 Å². The predicted molar refractivity (Wildman–Crippen MR) is 47.7 cm³/mol. The van der Waals surface area contributed by atoms with Crippen molar-refractivity contribution in [2.45, 2.75) is 44.8 Å². The molecular formula is C9H13F4NO2. The fourth-order valence-electron chi connectivity index (χ4n) is 1.57. The molecule has 1 heterocycles.